The van der Waals surface area contributed by atoms with Crippen LogP contribution in [0.15, 0.2) is 0 Å². The maximum atomic E-state index is 12.3. The van der Waals surface area contributed by atoms with Crippen LogP contribution in [0.5, 0.6) is 0 Å². The van der Waals surface area contributed by atoms with Gasteiger partial charge in [0.25, 0.3) is 0 Å². The molecule has 104 valence electrons. The van der Waals surface area contributed by atoms with E-state index in [9.17, 15) is 4.79 Å². The number of carbonyl (C=O) groups is 1. The van der Waals surface area contributed by atoms with Crippen molar-refractivity contribution in [1.82, 2.24) is 10.2 Å². The Morgan fingerprint density at radius 3 is 2.72 bits per heavy atom. The van der Waals surface area contributed by atoms with Gasteiger partial charge < -0.3 is 15.0 Å². The predicted octanol–water partition coefficient (Wildman–Crippen LogP) is 1.40. The lowest BCUT2D eigenvalue weighted by molar-refractivity contribution is -0.163. The molecule has 1 amide bonds. The Kier molecular flexibility index (Phi) is 3.97. The zero-order valence-electron chi connectivity index (χ0n) is 12.0. The van der Waals surface area contributed by atoms with Crippen molar-refractivity contribution >= 4 is 5.91 Å². The fourth-order valence-electron chi connectivity index (χ4n) is 3.32. The SMILES string of the molecule is CCNC1CCN(C2CC(OCC)C2(C)C)C1=O. The number of nitrogens with zero attached hydrogens (tertiary/aromatic N) is 1. The number of rotatable bonds is 5. The van der Waals surface area contributed by atoms with Crippen LogP contribution in [0.1, 0.15) is 40.5 Å². The first kappa shape index (κ1) is 13.8. The third-order valence-corrected chi connectivity index (χ3v) is 4.56. The summed E-state index contributed by atoms with van der Waals surface area (Å²) < 4.78 is 5.74. The molecule has 1 saturated carbocycles. The van der Waals surface area contributed by atoms with Crippen molar-refractivity contribution in [1.29, 1.82) is 0 Å². The van der Waals surface area contributed by atoms with E-state index < -0.39 is 0 Å². The largest absolute Gasteiger partial charge is 0.378 e. The van der Waals surface area contributed by atoms with Gasteiger partial charge in [-0.15, -0.1) is 0 Å². The zero-order valence-corrected chi connectivity index (χ0v) is 12.0. The van der Waals surface area contributed by atoms with E-state index in [1.807, 2.05) is 13.8 Å². The van der Waals surface area contributed by atoms with Crippen LogP contribution >= 0.6 is 0 Å². The highest BCUT2D eigenvalue weighted by molar-refractivity contribution is 5.84. The first-order chi connectivity index (χ1) is 8.52. The molecule has 4 heteroatoms. The standard InChI is InChI=1S/C14H26N2O2/c1-5-15-10-7-8-16(13(10)17)11-9-12(18-6-2)14(11,3)4/h10-12,15H,5-9H2,1-4H3. The third kappa shape index (κ3) is 2.16. The molecule has 1 heterocycles. The molecule has 3 atom stereocenters. The van der Waals surface area contributed by atoms with Gasteiger partial charge in [0.05, 0.1) is 12.1 Å². The topological polar surface area (TPSA) is 41.6 Å². The van der Waals surface area contributed by atoms with Gasteiger partial charge in [-0.25, -0.2) is 0 Å². The van der Waals surface area contributed by atoms with Crippen molar-refractivity contribution in [3.63, 3.8) is 0 Å². The molecule has 0 aromatic carbocycles. The Labute approximate surface area is 110 Å². The predicted molar refractivity (Wildman–Crippen MR) is 71.4 cm³/mol. The summed E-state index contributed by atoms with van der Waals surface area (Å²) in [7, 11) is 0. The van der Waals surface area contributed by atoms with Crippen LogP contribution in [-0.4, -0.2) is 48.7 Å². The number of hydrogen-bond acceptors (Lipinski definition) is 3. The van der Waals surface area contributed by atoms with Gasteiger partial charge in [0.1, 0.15) is 0 Å². The number of nitrogens with one attached hydrogen (secondary N) is 1. The second kappa shape index (κ2) is 5.17. The summed E-state index contributed by atoms with van der Waals surface area (Å²) >= 11 is 0. The molecule has 0 aromatic heterocycles. The van der Waals surface area contributed by atoms with Gasteiger partial charge in [0.2, 0.25) is 5.91 Å². The minimum absolute atomic E-state index is 0.0388. The summed E-state index contributed by atoms with van der Waals surface area (Å²) in [5.41, 5.74) is 0.0901. The van der Waals surface area contributed by atoms with Crippen LogP contribution in [0.2, 0.25) is 0 Å². The molecule has 0 radical (unpaired) electrons. The average molecular weight is 254 g/mol. The van der Waals surface area contributed by atoms with Crippen molar-refractivity contribution in [2.75, 3.05) is 19.7 Å². The van der Waals surface area contributed by atoms with E-state index in [0.29, 0.717) is 12.1 Å². The molecule has 3 unspecified atom stereocenters. The minimum Gasteiger partial charge on any atom is -0.378 e. The highest BCUT2D eigenvalue weighted by atomic mass is 16.5. The van der Waals surface area contributed by atoms with E-state index in [1.54, 1.807) is 0 Å². The molecule has 1 aliphatic heterocycles. The highest BCUT2D eigenvalue weighted by Gasteiger charge is 2.54. The number of ether oxygens (including phenoxy) is 1. The number of amides is 1. The smallest absolute Gasteiger partial charge is 0.240 e. The van der Waals surface area contributed by atoms with E-state index in [-0.39, 0.29) is 17.4 Å². The fraction of sp³-hybridized carbons (Fsp3) is 0.929. The molecule has 4 nitrogen and oxygen atoms in total. The number of likely N-dealkylation sites (N-methyl/N-ethyl adjacent to an activating group) is 1. The lowest BCUT2D eigenvalue weighted by Crippen LogP contribution is -2.63. The summed E-state index contributed by atoms with van der Waals surface area (Å²) in [6, 6.07) is 0.391. The quantitative estimate of drug-likeness (QED) is 0.806. The highest BCUT2D eigenvalue weighted by Crippen LogP contribution is 2.46. The van der Waals surface area contributed by atoms with E-state index in [4.69, 9.17) is 4.74 Å². The Morgan fingerprint density at radius 2 is 2.17 bits per heavy atom. The first-order valence-electron chi connectivity index (χ1n) is 7.17. The van der Waals surface area contributed by atoms with E-state index >= 15 is 0 Å². The van der Waals surface area contributed by atoms with Crippen molar-refractivity contribution in [2.45, 2.75) is 58.7 Å². The molecule has 1 saturated heterocycles. The van der Waals surface area contributed by atoms with Gasteiger partial charge in [-0.05, 0) is 26.3 Å². The van der Waals surface area contributed by atoms with Crippen molar-refractivity contribution in [3.05, 3.63) is 0 Å². The van der Waals surface area contributed by atoms with Crippen LogP contribution in [0.25, 0.3) is 0 Å². The van der Waals surface area contributed by atoms with E-state index in [1.165, 1.54) is 0 Å². The van der Waals surface area contributed by atoms with Crippen LogP contribution < -0.4 is 5.32 Å². The summed E-state index contributed by atoms with van der Waals surface area (Å²) in [4.78, 5) is 14.4. The second-order valence-electron chi connectivity index (χ2n) is 5.95. The van der Waals surface area contributed by atoms with Gasteiger partial charge in [-0.2, -0.15) is 0 Å². The molecule has 0 spiro atoms. The first-order valence-corrected chi connectivity index (χ1v) is 7.17. The molecule has 2 fully saturated rings. The molecule has 2 rings (SSSR count). The van der Waals surface area contributed by atoms with Crippen LogP contribution in [0, 0.1) is 5.41 Å². The maximum absolute atomic E-state index is 12.3. The number of carbonyl (C=O) groups excluding carboxylic acids is 1. The summed E-state index contributed by atoms with van der Waals surface area (Å²) in [5.74, 6) is 0.282. The average Bonchev–Trinajstić information content (AvgIpc) is 2.67. The summed E-state index contributed by atoms with van der Waals surface area (Å²) in [6.45, 7) is 11.0. The Hall–Kier alpha value is -0.610. The van der Waals surface area contributed by atoms with Gasteiger partial charge in [0, 0.05) is 24.6 Å². The van der Waals surface area contributed by atoms with Gasteiger partial charge >= 0.3 is 0 Å². The minimum atomic E-state index is 0.0388. The normalized spacial score (nSPS) is 34.8. The molecule has 0 aromatic rings. The molecular weight excluding hydrogens is 228 g/mol. The Morgan fingerprint density at radius 1 is 1.44 bits per heavy atom. The van der Waals surface area contributed by atoms with E-state index in [0.717, 1.165) is 32.5 Å². The number of likely N-dealkylation sites (tertiary alicyclic amines) is 1. The molecule has 1 aliphatic carbocycles. The van der Waals surface area contributed by atoms with Gasteiger partial charge in [-0.3, -0.25) is 4.79 Å². The molecule has 18 heavy (non-hydrogen) atoms. The lowest BCUT2D eigenvalue weighted by atomic mass is 9.63. The molecular formula is C14H26N2O2. The number of hydrogen-bond donors (Lipinski definition) is 1. The van der Waals surface area contributed by atoms with Crippen LogP contribution in [0.3, 0.4) is 0 Å². The Bertz CT molecular complexity index is 317. The van der Waals surface area contributed by atoms with Crippen molar-refractivity contribution in [2.24, 2.45) is 5.41 Å². The monoisotopic (exact) mass is 254 g/mol. The van der Waals surface area contributed by atoms with Crippen LogP contribution in [-0.2, 0) is 9.53 Å². The zero-order chi connectivity index (χ0) is 13.3. The van der Waals surface area contributed by atoms with Gasteiger partial charge in [-0.1, -0.05) is 20.8 Å². The van der Waals surface area contributed by atoms with Crippen molar-refractivity contribution < 1.29 is 9.53 Å². The van der Waals surface area contributed by atoms with Crippen LogP contribution in [0.4, 0.5) is 0 Å². The van der Waals surface area contributed by atoms with E-state index in [2.05, 4.69) is 24.1 Å². The third-order valence-electron chi connectivity index (χ3n) is 4.56. The van der Waals surface area contributed by atoms with Gasteiger partial charge in [0.15, 0.2) is 0 Å². The lowest BCUT2D eigenvalue weighted by Gasteiger charge is -2.55. The Balaban J connectivity index is 1.96. The molecule has 2 aliphatic rings. The fourth-order valence-corrected chi connectivity index (χ4v) is 3.32. The maximum Gasteiger partial charge on any atom is 0.240 e. The molecule has 1 N–H and O–H groups in total. The molecule has 0 bridgehead atoms. The summed E-state index contributed by atoms with van der Waals surface area (Å²) in [5, 5.41) is 3.27. The second-order valence-corrected chi connectivity index (χ2v) is 5.95. The van der Waals surface area contributed by atoms with Crippen molar-refractivity contribution in [3.8, 4) is 0 Å². The summed E-state index contributed by atoms with van der Waals surface area (Å²) in [6.07, 6.45) is 2.24.